The Kier molecular flexibility index (Phi) is 4.42. The molecule has 1 aromatic rings. The van der Waals surface area contributed by atoms with E-state index in [2.05, 4.69) is 5.32 Å². The Hall–Kier alpha value is -2.37. The number of ether oxygens (including phenoxy) is 1. The van der Waals surface area contributed by atoms with Crippen molar-refractivity contribution in [2.75, 3.05) is 12.4 Å². The first kappa shape index (κ1) is 13.7. The fraction of sp³-hybridized carbons (Fsp3) is 0.250. The summed E-state index contributed by atoms with van der Waals surface area (Å²) in [5, 5.41) is 11.1. The Balaban J connectivity index is 2.79. The number of nitrogens with one attached hydrogen (secondary N) is 1. The number of Topliss-reactive ketones (excluding diaryl/α,β-unsaturated/α-hetero) is 1. The number of benzene rings is 1. The second-order valence-electron chi connectivity index (χ2n) is 3.60. The van der Waals surface area contributed by atoms with Gasteiger partial charge >= 0.3 is 5.97 Å². The summed E-state index contributed by atoms with van der Waals surface area (Å²) in [6.07, 6.45) is 0. The van der Waals surface area contributed by atoms with E-state index >= 15 is 0 Å². The molecule has 18 heavy (non-hydrogen) atoms. The van der Waals surface area contributed by atoms with E-state index in [1.165, 1.54) is 7.11 Å². The van der Waals surface area contributed by atoms with Gasteiger partial charge in [-0.1, -0.05) is 0 Å². The minimum atomic E-state index is -1.69. The number of rotatable bonds is 5. The lowest BCUT2D eigenvalue weighted by Gasteiger charge is -2.10. The number of methoxy groups -OCH3 is 1. The van der Waals surface area contributed by atoms with Gasteiger partial charge in [0.2, 0.25) is 5.91 Å². The van der Waals surface area contributed by atoms with Gasteiger partial charge in [0.05, 0.1) is 7.11 Å². The van der Waals surface area contributed by atoms with E-state index in [0.717, 1.165) is 6.92 Å². The van der Waals surface area contributed by atoms with Crippen LogP contribution in [0.5, 0.6) is 5.75 Å². The number of carbonyl (C=O) groups excluding carboxylic acids is 2. The summed E-state index contributed by atoms with van der Waals surface area (Å²) in [5.74, 6) is -4.12. The van der Waals surface area contributed by atoms with Crippen LogP contribution in [0, 0.1) is 5.92 Å². The zero-order chi connectivity index (χ0) is 13.7. The van der Waals surface area contributed by atoms with Crippen molar-refractivity contribution in [3.63, 3.8) is 0 Å². The Morgan fingerprint density at radius 2 is 1.78 bits per heavy atom. The molecule has 6 nitrogen and oxygen atoms in total. The van der Waals surface area contributed by atoms with E-state index in [-0.39, 0.29) is 0 Å². The molecule has 1 amide bonds. The maximum absolute atomic E-state index is 11.6. The number of anilines is 1. The highest BCUT2D eigenvalue weighted by Gasteiger charge is 2.30. The van der Waals surface area contributed by atoms with Crippen molar-refractivity contribution in [1.82, 2.24) is 0 Å². The predicted octanol–water partition coefficient (Wildman–Crippen LogP) is 0.923. The van der Waals surface area contributed by atoms with Gasteiger partial charge in [-0.2, -0.15) is 0 Å². The molecule has 0 saturated heterocycles. The van der Waals surface area contributed by atoms with E-state index in [4.69, 9.17) is 9.84 Å². The molecule has 0 aliphatic carbocycles. The van der Waals surface area contributed by atoms with Crippen LogP contribution in [-0.4, -0.2) is 29.9 Å². The smallest absolute Gasteiger partial charge is 0.323 e. The molecular formula is C12H13NO5. The summed E-state index contributed by atoms with van der Waals surface area (Å²) in [6, 6.07) is 6.32. The molecule has 0 bridgehead atoms. The van der Waals surface area contributed by atoms with E-state index in [9.17, 15) is 14.4 Å². The minimum absolute atomic E-state index is 0.397. The molecule has 0 aromatic heterocycles. The van der Waals surface area contributed by atoms with Crippen LogP contribution < -0.4 is 10.1 Å². The lowest BCUT2D eigenvalue weighted by molar-refractivity contribution is -0.149. The molecule has 0 fully saturated rings. The minimum Gasteiger partial charge on any atom is -0.497 e. The van der Waals surface area contributed by atoms with Gasteiger partial charge in [-0.15, -0.1) is 0 Å². The highest BCUT2D eigenvalue weighted by molar-refractivity contribution is 6.19. The largest absolute Gasteiger partial charge is 0.497 e. The van der Waals surface area contributed by atoms with Crippen LogP contribution in [0.25, 0.3) is 0 Å². The molecule has 0 saturated carbocycles. The van der Waals surface area contributed by atoms with E-state index in [0.29, 0.717) is 11.4 Å². The molecule has 1 aromatic carbocycles. The molecule has 1 atom stereocenters. The average Bonchev–Trinajstić information content (AvgIpc) is 2.28. The third-order valence-electron chi connectivity index (χ3n) is 2.27. The third-order valence-corrected chi connectivity index (χ3v) is 2.27. The van der Waals surface area contributed by atoms with Crippen molar-refractivity contribution in [3.8, 4) is 5.75 Å². The summed E-state index contributed by atoms with van der Waals surface area (Å²) in [6.45, 7) is 1.06. The van der Waals surface area contributed by atoms with Gasteiger partial charge in [-0.25, -0.2) is 0 Å². The summed E-state index contributed by atoms with van der Waals surface area (Å²) in [5.41, 5.74) is 0.397. The lowest BCUT2D eigenvalue weighted by atomic mass is 10.0. The van der Waals surface area contributed by atoms with Gasteiger partial charge in [-0.05, 0) is 31.2 Å². The van der Waals surface area contributed by atoms with Crippen molar-refractivity contribution in [2.45, 2.75) is 6.92 Å². The van der Waals surface area contributed by atoms with E-state index < -0.39 is 23.6 Å². The zero-order valence-corrected chi connectivity index (χ0v) is 9.97. The standard InChI is InChI=1S/C12H13NO5/c1-7(14)10(12(16)17)11(15)13-8-3-5-9(18-2)6-4-8/h3-6,10H,1-2H3,(H,13,15)(H,16,17). The number of hydrogen-bond donors (Lipinski definition) is 2. The summed E-state index contributed by atoms with van der Waals surface area (Å²) in [4.78, 5) is 33.4. The van der Waals surface area contributed by atoms with Crippen molar-refractivity contribution in [3.05, 3.63) is 24.3 Å². The molecule has 96 valence electrons. The maximum Gasteiger partial charge on any atom is 0.323 e. The molecule has 1 rings (SSSR count). The van der Waals surface area contributed by atoms with Crippen LogP contribution in [0.4, 0.5) is 5.69 Å². The Labute approximate surface area is 104 Å². The molecule has 1 unspecified atom stereocenters. The summed E-state index contributed by atoms with van der Waals surface area (Å²) in [7, 11) is 1.50. The van der Waals surface area contributed by atoms with Gasteiger partial charge in [0, 0.05) is 5.69 Å². The first-order valence-electron chi connectivity index (χ1n) is 5.14. The SMILES string of the molecule is COc1ccc(NC(=O)C(C(C)=O)C(=O)O)cc1. The zero-order valence-electron chi connectivity index (χ0n) is 9.97. The van der Waals surface area contributed by atoms with Crippen molar-refractivity contribution in [2.24, 2.45) is 5.92 Å². The second-order valence-corrected chi connectivity index (χ2v) is 3.60. The van der Waals surface area contributed by atoms with Crippen LogP contribution >= 0.6 is 0 Å². The molecule has 0 aliphatic heterocycles. The predicted molar refractivity (Wildman–Crippen MR) is 63.4 cm³/mol. The molecule has 0 spiro atoms. The van der Waals surface area contributed by atoms with Crippen LogP contribution in [0.1, 0.15) is 6.92 Å². The monoisotopic (exact) mass is 251 g/mol. The van der Waals surface area contributed by atoms with Crippen LogP contribution in [0.15, 0.2) is 24.3 Å². The first-order valence-corrected chi connectivity index (χ1v) is 5.14. The molecule has 0 radical (unpaired) electrons. The van der Waals surface area contributed by atoms with Gasteiger partial charge in [0.15, 0.2) is 11.7 Å². The number of carboxylic acid groups (broad SMARTS) is 1. The van der Waals surface area contributed by atoms with Crippen LogP contribution in [-0.2, 0) is 14.4 Å². The number of aliphatic carboxylic acids is 1. The number of ketones is 1. The quantitative estimate of drug-likeness (QED) is 0.759. The number of carboxylic acids is 1. The van der Waals surface area contributed by atoms with Gasteiger partial charge in [-0.3, -0.25) is 14.4 Å². The Morgan fingerprint density at radius 1 is 1.22 bits per heavy atom. The highest BCUT2D eigenvalue weighted by atomic mass is 16.5. The molecule has 2 N–H and O–H groups in total. The third kappa shape index (κ3) is 3.31. The normalized spacial score (nSPS) is 11.4. The van der Waals surface area contributed by atoms with Gasteiger partial charge in [0.1, 0.15) is 5.75 Å². The van der Waals surface area contributed by atoms with Crippen LogP contribution in [0.2, 0.25) is 0 Å². The number of carbonyl (C=O) groups is 3. The number of amides is 1. The Morgan fingerprint density at radius 3 is 2.17 bits per heavy atom. The topological polar surface area (TPSA) is 92.7 Å². The molecule has 0 heterocycles. The molecule has 0 aliphatic rings. The fourth-order valence-corrected chi connectivity index (χ4v) is 1.36. The van der Waals surface area contributed by atoms with E-state index in [1.807, 2.05) is 0 Å². The average molecular weight is 251 g/mol. The Bertz CT molecular complexity index is 452. The van der Waals surface area contributed by atoms with Crippen molar-refractivity contribution in [1.29, 1.82) is 0 Å². The number of hydrogen-bond acceptors (Lipinski definition) is 4. The highest BCUT2D eigenvalue weighted by Crippen LogP contribution is 2.16. The molecule has 6 heteroatoms. The van der Waals surface area contributed by atoms with E-state index in [1.54, 1.807) is 24.3 Å². The lowest BCUT2D eigenvalue weighted by Crippen LogP contribution is -2.34. The second kappa shape index (κ2) is 5.81. The van der Waals surface area contributed by atoms with Crippen molar-refractivity contribution < 1.29 is 24.2 Å². The first-order chi connectivity index (χ1) is 8.45. The maximum atomic E-state index is 11.6. The summed E-state index contributed by atoms with van der Waals surface area (Å²) >= 11 is 0. The molecular weight excluding hydrogens is 238 g/mol. The fourth-order valence-electron chi connectivity index (χ4n) is 1.36. The van der Waals surface area contributed by atoms with Crippen molar-refractivity contribution >= 4 is 23.3 Å². The summed E-state index contributed by atoms with van der Waals surface area (Å²) < 4.78 is 4.94. The van der Waals surface area contributed by atoms with Gasteiger partial charge in [0.25, 0.3) is 0 Å². The van der Waals surface area contributed by atoms with Gasteiger partial charge < -0.3 is 15.2 Å². The van der Waals surface area contributed by atoms with Crippen LogP contribution in [0.3, 0.4) is 0 Å².